The molecule has 8 heteroatoms. The summed E-state index contributed by atoms with van der Waals surface area (Å²) in [7, 11) is 1.50. The summed E-state index contributed by atoms with van der Waals surface area (Å²) in [4.78, 5) is 37.5. The Kier molecular flexibility index (Phi) is 8.15. The molecule has 0 aliphatic carbocycles. The Morgan fingerprint density at radius 1 is 1.26 bits per heavy atom. The van der Waals surface area contributed by atoms with Gasteiger partial charge in [0, 0.05) is 19.0 Å². The molecule has 2 rings (SSSR count). The fourth-order valence-electron chi connectivity index (χ4n) is 2.98. The van der Waals surface area contributed by atoms with Crippen LogP contribution in [0.3, 0.4) is 0 Å². The second kappa shape index (κ2) is 10.8. The molecule has 0 unspecified atom stereocenters. The van der Waals surface area contributed by atoms with Crippen LogP contribution in [0, 0.1) is 11.3 Å². The second-order valence-electron chi connectivity index (χ2n) is 6.64. The van der Waals surface area contributed by atoms with Crippen LogP contribution < -0.4 is 9.47 Å². The molecule has 0 saturated carbocycles. The van der Waals surface area contributed by atoms with Crippen LogP contribution in [-0.4, -0.2) is 49.6 Å². The Bertz CT molecular complexity index is 1000. The summed E-state index contributed by atoms with van der Waals surface area (Å²) in [6.45, 7) is 6.86. The van der Waals surface area contributed by atoms with Crippen LogP contribution in [0.2, 0.25) is 0 Å². The third-order valence-electron chi connectivity index (χ3n) is 4.51. The number of carbonyl (C=O) groups is 3. The number of carbonyl (C=O) groups excluding carboxylic acids is 3. The maximum atomic E-state index is 13.0. The lowest BCUT2D eigenvalue weighted by Gasteiger charge is -2.27. The van der Waals surface area contributed by atoms with Crippen LogP contribution in [0.15, 0.2) is 47.6 Å². The number of nitriles is 1. The van der Waals surface area contributed by atoms with Crippen molar-refractivity contribution < 1.29 is 28.6 Å². The van der Waals surface area contributed by atoms with Crippen LogP contribution in [0.25, 0.3) is 6.08 Å². The highest BCUT2D eigenvalue weighted by Gasteiger charge is 2.35. The average molecular weight is 424 g/mol. The van der Waals surface area contributed by atoms with Crippen LogP contribution in [0.4, 0.5) is 0 Å². The van der Waals surface area contributed by atoms with Crippen LogP contribution in [-0.2, 0) is 19.1 Å². The zero-order valence-electron chi connectivity index (χ0n) is 17.8. The number of benzene rings is 1. The maximum Gasteiger partial charge on any atom is 0.302 e. The monoisotopic (exact) mass is 424 g/mol. The van der Waals surface area contributed by atoms with E-state index in [0.29, 0.717) is 29.2 Å². The number of nitrogens with zero attached hydrogens (tertiary/aromatic N) is 2. The Morgan fingerprint density at radius 3 is 2.61 bits per heavy atom. The molecule has 0 bridgehead atoms. The molecular formula is C23H24N2O6. The van der Waals surface area contributed by atoms with Crippen LogP contribution in [0.5, 0.6) is 11.5 Å². The summed E-state index contributed by atoms with van der Waals surface area (Å²) in [6, 6.07) is 7.02. The highest BCUT2D eigenvalue weighted by atomic mass is 16.5. The molecule has 162 valence electrons. The molecule has 0 fully saturated rings. The van der Waals surface area contributed by atoms with Crippen molar-refractivity contribution in [2.24, 2.45) is 0 Å². The largest absolute Gasteiger partial charge is 0.493 e. The van der Waals surface area contributed by atoms with Gasteiger partial charge in [0.05, 0.1) is 13.7 Å². The van der Waals surface area contributed by atoms with E-state index in [1.54, 1.807) is 37.3 Å². The molecule has 1 aromatic carbocycles. The molecule has 31 heavy (non-hydrogen) atoms. The Hall–Kier alpha value is -3.86. The first-order chi connectivity index (χ1) is 14.8. The van der Waals surface area contributed by atoms with E-state index in [1.165, 1.54) is 14.0 Å². The standard InChI is InChI=1S/C23H24N2O6/c1-5-10-31-20-8-7-17(13-21(20)29-4)12-18-15(2)19(14-24)23(28)25(22(18)27)9-6-11-30-16(3)26/h5,7-8,12-13H,1,6,9-11H2,2-4H3. The molecule has 0 spiro atoms. The number of rotatable bonds is 9. The van der Waals surface area contributed by atoms with Crippen molar-refractivity contribution in [3.63, 3.8) is 0 Å². The minimum absolute atomic E-state index is 0.0262. The molecular weight excluding hydrogens is 400 g/mol. The van der Waals surface area contributed by atoms with Gasteiger partial charge in [-0.05, 0) is 42.7 Å². The lowest BCUT2D eigenvalue weighted by Crippen LogP contribution is -2.43. The molecule has 0 aromatic heterocycles. The first kappa shape index (κ1) is 23.4. The molecule has 2 amide bonds. The highest BCUT2D eigenvalue weighted by molar-refractivity contribution is 6.19. The van der Waals surface area contributed by atoms with E-state index in [1.807, 2.05) is 6.07 Å². The van der Waals surface area contributed by atoms with Crippen molar-refractivity contribution in [2.75, 3.05) is 26.9 Å². The highest BCUT2D eigenvalue weighted by Crippen LogP contribution is 2.31. The van der Waals surface area contributed by atoms with E-state index in [4.69, 9.17) is 14.2 Å². The van der Waals surface area contributed by atoms with Gasteiger partial charge in [-0.3, -0.25) is 19.3 Å². The maximum absolute atomic E-state index is 13.0. The summed E-state index contributed by atoms with van der Waals surface area (Å²) in [5.74, 6) is -0.631. The minimum Gasteiger partial charge on any atom is -0.493 e. The second-order valence-corrected chi connectivity index (χ2v) is 6.64. The molecule has 0 atom stereocenters. The third kappa shape index (κ3) is 5.60. The van der Waals surface area contributed by atoms with E-state index < -0.39 is 17.8 Å². The molecule has 1 aliphatic rings. The van der Waals surface area contributed by atoms with Crippen LogP contribution in [0.1, 0.15) is 25.8 Å². The molecule has 1 heterocycles. The van der Waals surface area contributed by atoms with Gasteiger partial charge in [-0.15, -0.1) is 0 Å². The predicted octanol–water partition coefficient (Wildman–Crippen LogP) is 2.81. The van der Waals surface area contributed by atoms with Gasteiger partial charge in [-0.2, -0.15) is 5.26 Å². The zero-order chi connectivity index (χ0) is 23.0. The van der Waals surface area contributed by atoms with Crippen LogP contribution >= 0.6 is 0 Å². The number of imide groups is 1. The normalized spacial score (nSPS) is 15.0. The lowest BCUT2D eigenvalue weighted by molar-refractivity contribution is -0.141. The van der Waals surface area contributed by atoms with E-state index in [0.717, 1.165) is 4.90 Å². The van der Waals surface area contributed by atoms with Gasteiger partial charge in [-0.1, -0.05) is 18.7 Å². The topological polar surface area (TPSA) is 106 Å². The van der Waals surface area contributed by atoms with E-state index >= 15 is 0 Å². The molecule has 0 saturated heterocycles. The summed E-state index contributed by atoms with van der Waals surface area (Å²) < 4.78 is 15.7. The summed E-state index contributed by atoms with van der Waals surface area (Å²) in [6.07, 6.45) is 3.48. The van der Waals surface area contributed by atoms with Gasteiger partial charge in [0.1, 0.15) is 18.2 Å². The fourth-order valence-corrected chi connectivity index (χ4v) is 2.98. The molecule has 1 aromatic rings. The molecule has 1 aliphatic heterocycles. The lowest BCUT2D eigenvalue weighted by atomic mass is 9.93. The van der Waals surface area contributed by atoms with Crippen molar-refractivity contribution in [1.29, 1.82) is 5.26 Å². The molecule has 8 nitrogen and oxygen atoms in total. The number of hydrogen-bond donors (Lipinski definition) is 0. The summed E-state index contributed by atoms with van der Waals surface area (Å²) >= 11 is 0. The molecule has 0 N–H and O–H groups in total. The average Bonchev–Trinajstić information content (AvgIpc) is 2.75. The Morgan fingerprint density at radius 2 is 2.00 bits per heavy atom. The van der Waals surface area contributed by atoms with Gasteiger partial charge in [0.2, 0.25) is 0 Å². The van der Waals surface area contributed by atoms with Gasteiger partial charge >= 0.3 is 5.97 Å². The van der Waals surface area contributed by atoms with Crippen molar-refractivity contribution in [3.05, 3.63) is 53.1 Å². The first-order valence-corrected chi connectivity index (χ1v) is 9.58. The van der Waals surface area contributed by atoms with E-state index in [9.17, 15) is 19.6 Å². The number of hydrogen-bond acceptors (Lipinski definition) is 7. The number of esters is 1. The Balaban J connectivity index is 2.37. The predicted molar refractivity (Wildman–Crippen MR) is 113 cm³/mol. The molecule has 0 radical (unpaired) electrons. The van der Waals surface area contributed by atoms with Crippen molar-refractivity contribution in [2.45, 2.75) is 20.3 Å². The van der Waals surface area contributed by atoms with Crippen molar-refractivity contribution in [3.8, 4) is 17.6 Å². The number of ether oxygens (including phenoxy) is 3. The van der Waals surface area contributed by atoms with Gasteiger partial charge in [0.25, 0.3) is 11.8 Å². The number of methoxy groups -OCH3 is 1. The Labute approximate surface area is 181 Å². The van der Waals surface area contributed by atoms with Gasteiger partial charge in [-0.25, -0.2) is 0 Å². The zero-order valence-corrected chi connectivity index (χ0v) is 17.8. The smallest absolute Gasteiger partial charge is 0.302 e. The first-order valence-electron chi connectivity index (χ1n) is 9.58. The van der Waals surface area contributed by atoms with E-state index in [2.05, 4.69) is 6.58 Å². The van der Waals surface area contributed by atoms with Crippen molar-refractivity contribution >= 4 is 23.9 Å². The summed E-state index contributed by atoms with van der Waals surface area (Å²) in [5, 5.41) is 9.46. The van der Waals surface area contributed by atoms with Gasteiger partial charge < -0.3 is 14.2 Å². The summed E-state index contributed by atoms with van der Waals surface area (Å²) in [5.41, 5.74) is 1.07. The minimum atomic E-state index is -0.657. The third-order valence-corrected chi connectivity index (χ3v) is 4.51. The van der Waals surface area contributed by atoms with E-state index in [-0.39, 0.29) is 30.7 Å². The van der Waals surface area contributed by atoms with Gasteiger partial charge in [0.15, 0.2) is 11.5 Å². The van der Waals surface area contributed by atoms with Crippen molar-refractivity contribution in [1.82, 2.24) is 4.90 Å². The quantitative estimate of drug-likeness (QED) is 0.197. The SMILES string of the molecule is C=CCOc1ccc(C=C2C(=O)N(CCCOC(C)=O)C(=O)C(C#N)=C2C)cc1OC. The fraction of sp³-hybridized carbons (Fsp3) is 0.304. The number of amides is 2.